The van der Waals surface area contributed by atoms with Gasteiger partial charge in [-0.1, -0.05) is 72.8 Å². The SMILES string of the molecule is C(=C\c1cccc(-c2ccccc2)n1)/c1ccccc1. The van der Waals surface area contributed by atoms with Crippen molar-refractivity contribution in [2.75, 3.05) is 0 Å². The summed E-state index contributed by atoms with van der Waals surface area (Å²) in [6, 6.07) is 26.6. The zero-order chi connectivity index (χ0) is 13.6. The van der Waals surface area contributed by atoms with Gasteiger partial charge < -0.3 is 0 Å². The van der Waals surface area contributed by atoms with E-state index < -0.39 is 0 Å². The molecule has 1 heterocycles. The minimum absolute atomic E-state index is 0.968. The number of pyridine rings is 1. The second kappa shape index (κ2) is 5.98. The lowest BCUT2D eigenvalue weighted by molar-refractivity contribution is 1.30. The quantitative estimate of drug-likeness (QED) is 0.649. The van der Waals surface area contributed by atoms with Crippen molar-refractivity contribution in [2.45, 2.75) is 0 Å². The molecule has 0 bridgehead atoms. The first-order chi connectivity index (χ1) is 9.92. The van der Waals surface area contributed by atoms with E-state index in [0.717, 1.165) is 17.0 Å². The third kappa shape index (κ3) is 3.01. The maximum atomic E-state index is 4.67. The molecule has 0 radical (unpaired) electrons. The third-order valence-electron chi connectivity index (χ3n) is 3.09. The minimum atomic E-state index is 0.968. The largest absolute Gasteiger partial charge is 0.248 e. The normalized spacial score (nSPS) is 10.8. The van der Waals surface area contributed by atoms with E-state index in [1.807, 2.05) is 60.7 Å². The van der Waals surface area contributed by atoms with Crippen LogP contribution < -0.4 is 0 Å². The van der Waals surface area contributed by atoms with Crippen LogP contribution in [0.25, 0.3) is 23.4 Å². The van der Waals surface area contributed by atoms with Gasteiger partial charge in [0, 0.05) is 5.56 Å². The molecule has 0 saturated heterocycles. The van der Waals surface area contributed by atoms with Crippen LogP contribution in [0.3, 0.4) is 0 Å². The summed E-state index contributed by atoms with van der Waals surface area (Å²) >= 11 is 0. The Hall–Kier alpha value is -2.67. The fourth-order valence-electron chi connectivity index (χ4n) is 2.06. The van der Waals surface area contributed by atoms with Gasteiger partial charge in [0.1, 0.15) is 0 Å². The van der Waals surface area contributed by atoms with Crippen molar-refractivity contribution >= 4 is 12.2 Å². The summed E-state index contributed by atoms with van der Waals surface area (Å²) in [6.45, 7) is 0. The number of hydrogen-bond donors (Lipinski definition) is 0. The number of rotatable bonds is 3. The molecule has 3 rings (SSSR count). The van der Waals surface area contributed by atoms with Crippen molar-refractivity contribution in [3.8, 4) is 11.3 Å². The first-order valence-corrected chi connectivity index (χ1v) is 6.67. The van der Waals surface area contributed by atoms with E-state index in [1.165, 1.54) is 5.56 Å². The van der Waals surface area contributed by atoms with Gasteiger partial charge in [-0.3, -0.25) is 0 Å². The summed E-state index contributed by atoms with van der Waals surface area (Å²) in [4.78, 5) is 4.67. The summed E-state index contributed by atoms with van der Waals surface area (Å²) in [6.07, 6.45) is 4.12. The molecule has 1 nitrogen and oxygen atoms in total. The predicted octanol–water partition coefficient (Wildman–Crippen LogP) is 4.92. The van der Waals surface area contributed by atoms with Gasteiger partial charge in [-0.2, -0.15) is 0 Å². The van der Waals surface area contributed by atoms with Crippen LogP contribution in [-0.4, -0.2) is 4.98 Å². The molecule has 2 aromatic carbocycles. The smallest absolute Gasteiger partial charge is 0.0709 e. The number of aromatic nitrogens is 1. The topological polar surface area (TPSA) is 12.9 Å². The maximum absolute atomic E-state index is 4.67. The molecule has 0 saturated carbocycles. The van der Waals surface area contributed by atoms with E-state index in [0.29, 0.717) is 0 Å². The van der Waals surface area contributed by atoms with Crippen LogP contribution in [0.2, 0.25) is 0 Å². The zero-order valence-electron chi connectivity index (χ0n) is 11.1. The van der Waals surface area contributed by atoms with E-state index in [2.05, 4.69) is 35.3 Å². The van der Waals surface area contributed by atoms with Crippen molar-refractivity contribution in [1.82, 2.24) is 4.98 Å². The van der Waals surface area contributed by atoms with E-state index in [9.17, 15) is 0 Å². The van der Waals surface area contributed by atoms with E-state index >= 15 is 0 Å². The van der Waals surface area contributed by atoms with Crippen LogP contribution >= 0.6 is 0 Å². The molecule has 3 aromatic rings. The van der Waals surface area contributed by atoms with Crippen LogP contribution in [-0.2, 0) is 0 Å². The van der Waals surface area contributed by atoms with E-state index in [4.69, 9.17) is 0 Å². The average Bonchev–Trinajstić information content (AvgIpc) is 2.55. The number of benzene rings is 2. The molecule has 0 N–H and O–H groups in total. The third-order valence-corrected chi connectivity index (χ3v) is 3.09. The molecule has 1 aromatic heterocycles. The fourth-order valence-corrected chi connectivity index (χ4v) is 2.06. The molecule has 0 atom stereocenters. The standard InChI is InChI=1S/C19H15N/c1-3-8-16(9-4-1)14-15-18-12-7-13-19(20-18)17-10-5-2-6-11-17/h1-15H/b15-14+. The Morgan fingerprint density at radius 3 is 2.05 bits per heavy atom. The lowest BCUT2D eigenvalue weighted by atomic mass is 10.1. The van der Waals surface area contributed by atoms with Gasteiger partial charge >= 0.3 is 0 Å². The van der Waals surface area contributed by atoms with E-state index in [-0.39, 0.29) is 0 Å². The highest BCUT2D eigenvalue weighted by Crippen LogP contribution is 2.17. The van der Waals surface area contributed by atoms with Gasteiger partial charge in [-0.05, 0) is 23.8 Å². The molecule has 0 amide bonds. The molecule has 20 heavy (non-hydrogen) atoms. The van der Waals surface area contributed by atoms with Crippen LogP contribution in [0.5, 0.6) is 0 Å². The van der Waals surface area contributed by atoms with Gasteiger partial charge in [0.05, 0.1) is 11.4 Å². The van der Waals surface area contributed by atoms with Crippen LogP contribution in [0.15, 0.2) is 78.9 Å². The van der Waals surface area contributed by atoms with Crippen LogP contribution in [0.1, 0.15) is 11.3 Å². The molecular weight excluding hydrogens is 242 g/mol. The lowest BCUT2D eigenvalue weighted by Gasteiger charge is -2.01. The Bertz CT molecular complexity index is 700. The molecule has 96 valence electrons. The van der Waals surface area contributed by atoms with Crippen molar-refractivity contribution in [2.24, 2.45) is 0 Å². The molecular formula is C19H15N. The molecule has 0 aliphatic carbocycles. The maximum Gasteiger partial charge on any atom is 0.0709 e. The average molecular weight is 257 g/mol. The summed E-state index contributed by atoms with van der Waals surface area (Å²) in [7, 11) is 0. The first-order valence-electron chi connectivity index (χ1n) is 6.67. The summed E-state index contributed by atoms with van der Waals surface area (Å²) < 4.78 is 0. The summed E-state index contributed by atoms with van der Waals surface area (Å²) in [5.41, 5.74) is 4.29. The van der Waals surface area contributed by atoms with Gasteiger partial charge in [-0.25, -0.2) is 4.98 Å². The van der Waals surface area contributed by atoms with Crippen molar-refractivity contribution in [1.29, 1.82) is 0 Å². The number of nitrogens with zero attached hydrogens (tertiary/aromatic N) is 1. The second-order valence-corrected chi connectivity index (χ2v) is 4.56. The molecule has 0 spiro atoms. The van der Waals surface area contributed by atoms with Crippen LogP contribution in [0, 0.1) is 0 Å². The Balaban J connectivity index is 1.87. The van der Waals surface area contributed by atoms with Gasteiger partial charge in [0.25, 0.3) is 0 Å². The lowest BCUT2D eigenvalue weighted by Crippen LogP contribution is -1.85. The zero-order valence-corrected chi connectivity index (χ0v) is 11.1. The van der Waals surface area contributed by atoms with Crippen LogP contribution in [0.4, 0.5) is 0 Å². The highest BCUT2D eigenvalue weighted by atomic mass is 14.7. The first kappa shape index (κ1) is 12.4. The highest BCUT2D eigenvalue weighted by molar-refractivity contribution is 5.69. The molecule has 1 heteroatoms. The Morgan fingerprint density at radius 1 is 0.600 bits per heavy atom. The summed E-state index contributed by atoms with van der Waals surface area (Å²) in [5.74, 6) is 0. The fraction of sp³-hybridized carbons (Fsp3) is 0. The van der Waals surface area contributed by atoms with Crippen molar-refractivity contribution in [3.63, 3.8) is 0 Å². The Morgan fingerprint density at radius 2 is 1.30 bits per heavy atom. The molecule has 0 fully saturated rings. The van der Waals surface area contributed by atoms with Crippen molar-refractivity contribution in [3.05, 3.63) is 90.1 Å². The molecule has 0 aliphatic heterocycles. The molecule has 0 aliphatic rings. The Kier molecular flexibility index (Phi) is 3.70. The van der Waals surface area contributed by atoms with Gasteiger partial charge in [-0.15, -0.1) is 0 Å². The number of hydrogen-bond acceptors (Lipinski definition) is 1. The van der Waals surface area contributed by atoms with Gasteiger partial charge in [0.2, 0.25) is 0 Å². The van der Waals surface area contributed by atoms with E-state index in [1.54, 1.807) is 0 Å². The van der Waals surface area contributed by atoms with Crippen molar-refractivity contribution < 1.29 is 0 Å². The minimum Gasteiger partial charge on any atom is -0.248 e. The summed E-state index contributed by atoms with van der Waals surface area (Å²) in [5, 5.41) is 0. The monoisotopic (exact) mass is 257 g/mol. The second-order valence-electron chi connectivity index (χ2n) is 4.56. The predicted molar refractivity (Wildman–Crippen MR) is 85.0 cm³/mol. The highest BCUT2D eigenvalue weighted by Gasteiger charge is 1.98. The Labute approximate surface area is 119 Å². The van der Waals surface area contributed by atoms with Gasteiger partial charge in [0.15, 0.2) is 0 Å². The molecule has 0 unspecified atom stereocenters.